The molecule has 2 aromatic rings. The van der Waals surface area contributed by atoms with Gasteiger partial charge in [-0.25, -0.2) is 0 Å². The summed E-state index contributed by atoms with van der Waals surface area (Å²) in [5.41, 5.74) is -1.43. The van der Waals surface area contributed by atoms with Crippen LogP contribution in [0.3, 0.4) is 0 Å². The molecule has 1 aliphatic heterocycles. The molecule has 165 valence electrons. The van der Waals surface area contributed by atoms with Gasteiger partial charge < -0.3 is 0 Å². The molecule has 1 amide bonds. The number of alkyl halides is 3. The molecule has 6 nitrogen and oxygen atoms in total. The number of carbonyl (C=O) groups excluding carboxylic acids is 1. The Bertz CT molecular complexity index is 1040. The monoisotopic (exact) mass is 507 g/mol. The standard InChI is InChI=1S/C19H23AsF3N2O4S/c1-18(2,3)29-17(26)25-9-7-12(8-10-25)20-30(27,28)15-11-24-14-6-4-5-13(16(14)15)19(21,22)23/h4-6,11-12,24H,7-10H2,1-3H3. The first kappa shape index (κ1) is 23.0. The summed E-state index contributed by atoms with van der Waals surface area (Å²) >= 11 is -1.30. The molecule has 1 radical (unpaired) electrons. The Hall–Kier alpha value is -1.67. The first-order valence-corrected chi connectivity index (χ1v) is 14.2. The number of hydrogen-bond donors (Lipinski definition) is 1. The van der Waals surface area contributed by atoms with Gasteiger partial charge >= 0.3 is 179 Å². The van der Waals surface area contributed by atoms with Crippen molar-refractivity contribution in [3.8, 4) is 0 Å². The van der Waals surface area contributed by atoms with E-state index < -0.39 is 46.1 Å². The maximum absolute atomic E-state index is 13.4. The second-order valence-corrected chi connectivity index (χ2v) is 15.6. The van der Waals surface area contributed by atoms with E-state index in [2.05, 4.69) is 4.98 Å². The van der Waals surface area contributed by atoms with Crippen LogP contribution in [0.2, 0.25) is 4.71 Å². The van der Waals surface area contributed by atoms with Crippen LogP contribution in [-0.2, 0) is 19.0 Å². The number of ether oxygens (including phenoxy) is 1. The fourth-order valence-corrected chi connectivity index (χ4v) is 10.6. The Kier molecular flexibility index (Phi) is 6.22. The van der Waals surface area contributed by atoms with E-state index in [0.29, 0.717) is 25.9 Å². The van der Waals surface area contributed by atoms with E-state index in [9.17, 15) is 26.4 Å². The first-order chi connectivity index (χ1) is 13.8. The molecule has 30 heavy (non-hydrogen) atoms. The molecule has 0 unspecified atom stereocenters. The van der Waals surface area contributed by atoms with Crippen LogP contribution in [0.1, 0.15) is 39.2 Å². The van der Waals surface area contributed by atoms with Crippen LogP contribution in [0.25, 0.3) is 10.9 Å². The van der Waals surface area contributed by atoms with Gasteiger partial charge in [-0.15, -0.1) is 0 Å². The minimum atomic E-state index is -4.65. The van der Waals surface area contributed by atoms with Crippen molar-refractivity contribution in [3.63, 3.8) is 0 Å². The number of piperidine rings is 1. The summed E-state index contributed by atoms with van der Waals surface area (Å²) in [5, 5.41) is -0.300. The quantitative estimate of drug-likeness (QED) is 0.625. The van der Waals surface area contributed by atoms with Crippen molar-refractivity contribution in [3.05, 3.63) is 30.0 Å². The van der Waals surface area contributed by atoms with Gasteiger partial charge in [-0.05, 0) is 0 Å². The number of carbonyl (C=O) groups is 1. The molecule has 0 aliphatic carbocycles. The zero-order chi connectivity index (χ0) is 22.3. The maximum atomic E-state index is 13.4. The first-order valence-electron chi connectivity index (χ1n) is 9.40. The Morgan fingerprint density at radius 3 is 2.40 bits per heavy atom. The van der Waals surface area contributed by atoms with Gasteiger partial charge in [-0.3, -0.25) is 0 Å². The average Bonchev–Trinajstić information content (AvgIpc) is 3.04. The van der Waals surface area contributed by atoms with Crippen molar-refractivity contribution >= 4 is 39.7 Å². The summed E-state index contributed by atoms with van der Waals surface area (Å²) in [6.45, 7) is 6.04. The SMILES string of the molecule is CC(C)(C)OC(=O)N1CCC([As]S(=O)(=O)c2c[nH]c3cccc(C(F)(F)F)c23)CC1. The van der Waals surface area contributed by atoms with E-state index in [1.165, 1.54) is 12.1 Å². The molecule has 1 fully saturated rings. The third kappa shape index (κ3) is 5.14. The number of aromatic amines is 1. The Labute approximate surface area is 178 Å². The fourth-order valence-electron chi connectivity index (χ4n) is 3.33. The molecule has 1 aromatic carbocycles. The topological polar surface area (TPSA) is 79.5 Å². The number of aromatic nitrogens is 1. The van der Waals surface area contributed by atoms with E-state index in [1.54, 1.807) is 25.7 Å². The van der Waals surface area contributed by atoms with Crippen molar-refractivity contribution in [1.82, 2.24) is 9.88 Å². The third-order valence-electron chi connectivity index (χ3n) is 4.66. The van der Waals surface area contributed by atoms with Crippen molar-refractivity contribution in [2.24, 2.45) is 0 Å². The number of halogens is 3. The normalized spacial score (nSPS) is 17.2. The summed E-state index contributed by atoms with van der Waals surface area (Å²) < 4.78 is 71.4. The molecule has 1 saturated heterocycles. The van der Waals surface area contributed by atoms with Gasteiger partial charge in [-0.1, -0.05) is 0 Å². The number of rotatable bonds is 3. The third-order valence-corrected chi connectivity index (χ3v) is 12.1. The molecule has 0 atom stereocenters. The summed E-state index contributed by atoms with van der Waals surface area (Å²) in [6, 6.07) is 3.57. The number of likely N-dealkylation sites (tertiary alicyclic amines) is 1. The number of H-pyrrole nitrogens is 1. The van der Waals surface area contributed by atoms with Crippen LogP contribution in [0.4, 0.5) is 18.0 Å². The zero-order valence-electron chi connectivity index (χ0n) is 16.8. The van der Waals surface area contributed by atoms with Crippen LogP contribution in [0.5, 0.6) is 0 Å². The second-order valence-electron chi connectivity index (χ2n) is 8.16. The molecule has 0 saturated carbocycles. The van der Waals surface area contributed by atoms with Crippen LogP contribution < -0.4 is 0 Å². The van der Waals surface area contributed by atoms with E-state index in [4.69, 9.17) is 4.74 Å². The molecule has 11 heteroatoms. The number of benzene rings is 1. The van der Waals surface area contributed by atoms with Crippen molar-refractivity contribution in [2.75, 3.05) is 13.1 Å². The Balaban J connectivity index is 1.75. The fraction of sp³-hybridized carbons (Fsp3) is 0.526. The van der Waals surface area contributed by atoms with Gasteiger partial charge in [0.25, 0.3) is 0 Å². The van der Waals surface area contributed by atoms with E-state index >= 15 is 0 Å². The van der Waals surface area contributed by atoms with E-state index in [1.807, 2.05) is 0 Å². The van der Waals surface area contributed by atoms with E-state index in [-0.39, 0.29) is 20.5 Å². The molecule has 1 aromatic heterocycles. The van der Waals surface area contributed by atoms with Crippen molar-refractivity contribution in [1.29, 1.82) is 0 Å². The van der Waals surface area contributed by atoms with Crippen LogP contribution in [0, 0.1) is 0 Å². The minimum absolute atomic E-state index is 0.143. The molecule has 1 N–H and O–H groups in total. The van der Waals surface area contributed by atoms with Gasteiger partial charge in [-0.2, -0.15) is 0 Å². The number of amides is 1. The Morgan fingerprint density at radius 1 is 1.20 bits per heavy atom. The predicted molar refractivity (Wildman–Crippen MR) is 107 cm³/mol. The van der Waals surface area contributed by atoms with Crippen molar-refractivity contribution < 1.29 is 31.1 Å². The van der Waals surface area contributed by atoms with Gasteiger partial charge in [0.15, 0.2) is 0 Å². The molecule has 0 spiro atoms. The molecular formula is C19H23AsF3N2O4S. The molecule has 0 bridgehead atoms. The van der Waals surface area contributed by atoms with Gasteiger partial charge in [0.05, 0.1) is 0 Å². The molecular weight excluding hydrogens is 484 g/mol. The molecule has 2 heterocycles. The van der Waals surface area contributed by atoms with Gasteiger partial charge in [0.1, 0.15) is 0 Å². The number of fused-ring (bicyclic) bond motifs is 1. The van der Waals surface area contributed by atoms with Crippen LogP contribution in [0.15, 0.2) is 29.3 Å². The second kappa shape index (κ2) is 8.11. The van der Waals surface area contributed by atoms with Crippen LogP contribution >= 0.6 is 0 Å². The number of hydrogen-bond acceptors (Lipinski definition) is 4. The van der Waals surface area contributed by atoms with Gasteiger partial charge in [0, 0.05) is 0 Å². The summed E-state index contributed by atoms with van der Waals surface area (Å²) in [7, 11) is -3.86. The van der Waals surface area contributed by atoms with Crippen molar-refractivity contribution in [2.45, 2.75) is 55.0 Å². The van der Waals surface area contributed by atoms with Crippen LogP contribution in [-0.4, -0.2) is 57.7 Å². The molecule has 1 aliphatic rings. The zero-order valence-corrected chi connectivity index (χ0v) is 19.5. The van der Waals surface area contributed by atoms with E-state index in [0.717, 1.165) is 12.3 Å². The summed E-state index contributed by atoms with van der Waals surface area (Å²) in [4.78, 5) is 16.1. The number of nitrogens with one attached hydrogen (secondary N) is 1. The Morgan fingerprint density at radius 2 is 1.83 bits per heavy atom. The average molecular weight is 507 g/mol. The molecule has 3 rings (SSSR count). The predicted octanol–water partition coefficient (Wildman–Crippen LogP) is 4.40. The summed E-state index contributed by atoms with van der Waals surface area (Å²) in [5.74, 6) is 0. The summed E-state index contributed by atoms with van der Waals surface area (Å²) in [6.07, 6.45) is -2.98. The van der Waals surface area contributed by atoms with Gasteiger partial charge in [0.2, 0.25) is 0 Å². The number of nitrogens with zero attached hydrogens (tertiary/aromatic N) is 1.